The first-order valence-electron chi connectivity index (χ1n) is 4.89. The van der Waals surface area contributed by atoms with Gasteiger partial charge in [-0.25, -0.2) is 4.39 Å². The van der Waals surface area contributed by atoms with Crippen molar-refractivity contribution >= 4 is 23.2 Å². The standard InChI is InChI=1S/C11H10Cl2FN3/c1-17-11(7(12)5-16-17)10(15)6-3-2-4-8(14)9(6)13/h2-5,10H,15H2,1H3. The summed E-state index contributed by atoms with van der Waals surface area (Å²) in [6.45, 7) is 0. The van der Waals surface area contributed by atoms with Gasteiger partial charge in [-0.1, -0.05) is 35.3 Å². The third kappa shape index (κ3) is 2.16. The molecule has 1 unspecified atom stereocenters. The van der Waals surface area contributed by atoms with Gasteiger partial charge in [0.1, 0.15) is 5.82 Å². The van der Waals surface area contributed by atoms with Gasteiger partial charge < -0.3 is 5.73 Å². The fraction of sp³-hybridized carbons (Fsp3) is 0.182. The second-order valence-electron chi connectivity index (χ2n) is 3.62. The number of hydrogen-bond acceptors (Lipinski definition) is 2. The van der Waals surface area contributed by atoms with E-state index in [1.165, 1.54) is 12.3 Å². The lowest BCUT2D eigenvalue weighted by Crippen LogP contribution is -2.17. The number of halogens is 3. The van der Waals surface area contributed by atoms with Crippen LogP contribution in [0.25, 0.3) is 0 Å². The number of nitrogens with two attached hydrogens (primary N) is 1. The van der Waals surface area contributed by atoms with Crippen molar-refractivity contribution in [2.75, 3.05) is 0 Å². The highest BCUT2D eigenvalue weighted by molar-refractivity contribution is 6.32. The smallest absolute Gasteiger partial charge is 0.142 e. The van der Waals surface area contributed by atoms with Gasteiger partial charge in [0, 0.05) is 7.05 Å². The molecule has 1 aromatic carbocycles. The van der Waals surface area contributed by atoms with Crippen LogP contribution in [0.15, 0.2) is 24.4 Å². The first kappa shape index (κ1) is 12.4. The quantitative estimate of drug-likeness (QED) is 0.915. The van der Waals surface area contributed by atoms with Gasteiger partial charge in [0.15, 0.2) is 0 Å². The van der Waals surface area contributed by atoms with Crippen LogP contribution in [0.1, 0.15) is 17.3 Å². The molecule has 0 aliphatic carbocycles. The average molecular weight is 274 g/mol. The van der Waals surface area contributed by atoms with E-state index in [2.05, 4.69) is 5.10 Å². The fourth-order valence-electron chi connectivity index (χ4n) is 1.68. The Hall–Kier alpha value is -1.10. The summed E-state index contributed by atoms with van der Waals surface area (Å²) in [5.41, 5.74) is 7.12. The Morgan fingerprint density at radius 2 is 2.12 bits per heavy atom. The van der Waals surface area contributed by atoms with Crippen LogP contribution in [0, 0.1) is 5.82 Å². The second-order valence-corrected chi connectivity index (χ2v) is 4.41. The van der Waals surface area contributed by atoms with Crippen LogP contribution in [-0.2, 0) is 7.05 Å². The first-order chi connectivity index (χ1) is 8.02. The van der Waals surface area contributed by atoms with Crippen LogP contribution in [0.2, 0.25) is 10.0 Å². The fourth-order valence-corrected chi connectivity index (χ4v) is 2.21. The molecular formula is C11H10Cl2FN3. The predicted octanol–water partition coefficient (Wildman–Crippen LogP) is 2.91. The van der Waals surface area contributed by atoms with Gasteiger partial charge in [0.2, 0.25) is 0 Å². The maximum Gasteiger partial charge on any atom is 0.142 e. The Kier molecular flexibility index (Phi) is 3.38. The molecule has 0 saturated carbocycles. The van der Waals surface area contributed by atoms with Crippen LogP contribution >= 0.6 is 23.2 Å². The van der Waals surface area contributed by atoms with E-state index in [1.54, 1.807) is 23.9 Å². The molecule has 1 aromatic heterocycles. The van der Waals surface area contributed by atoms with Crippen molar-refractivity contribution in [3.05, 3.63) is 51.5 Å². The Balaban J connectivity index is 2.51. The minimum absolute atomic E-state index is 0.0114. The largest absolute Gasteiger partial charge is 0.319 e. The Labute approximate surface area is 108 Å². The van der Waals surface area contributed by atoms with E-state index in [4.69, 9.17) is 28.9 Å². The van der Waals surface area contributed by atoms with E-state index in [1.807, 2.05) is 0 Å². The van der Waals surface area contributed by atoms with Crippen molar-refractivity contribution in [1.82, 2.24) is 9.78 Å². The topological polar surface area (TPSA) is 43.8 Å². The van der Waals surface area contributed by atoms with Crippen LogP contribution in [0.4, 0.5) is 4.39 Å². The third-order valence-corrected chi connectivity index (χ3v) is 3.24. The molecule has 1 heterocycles. The van der Waals surface area contributed by atoms with Gasteiger partial charge >= 0.3 is 0 Å². The van der Waals surface area contributed by atoms with Gasteiger partial charge in [-0.2, -0.15) is 5.10 Å². The zero-order chi connectivity index (χ0) is 12.6. The minimum atomic E-state index is -0.613. The number of aromatic nitrogens is 2. The van der Waals surface area contributed by atoms with E-state index >= 15 is 0 Å². The van der Waals surface area contributed by atoms with Gasteiger partial charge in [-0.05, 0) is 11.6 Å². The average Bonchev–Trinajstić information content (AvgIpc) is 2.62. The summed E-state index contributed by atoms with van der Waals surface area (Å²) in [6.07, 6.45) is 1.49. The molecule has 6 heteroatoms. The molecule has 0 bridgehead atoms. The molecule has 2 rings (SSSR count). The van der Waals surface area contributed by atoms with E-state index in [0.29, 0.717) is 16.3 Å². The molecule has 0 amide bonds. The molecule has 0 radical (unpaired) electrons. The molecule has 0 aliphatic rings. The maximum atomic E-state index is 13.3. The predicted molar refractivity (Wildman–Crippen MR) is 65.7 cm³/mol. The Bertz CT molecular complexity index is 534. The van der Waals surface area contributed by atoms with Gasteiger partial charge in [0.25, 0.3) is 0 Å². The lowest BCUT2D eigenvalue weighted by atomic mass is 10.0. The summed E-state index contributed by atoms with van der Waals surface area (Å²) in [5, 5.41) is 4.42. The molecular weight excluding hydrogens is 264 g/mol. The van der Waals surface area contributed by atoms with E-state index in [-0.39, 0.29) is 5.02 Å². The minimum Gasteiger partial charge on any atom is -0.319 e. The molecule has 0 fully saturated rings. The molecule has 1 atom stereocenters. The number of rotatable bonds is 2. The highest BCUT2D eigenvalue weighted by Crippen LogP contribution is 2.31. The molecule has 0 aliphatic heterocycles. The normalized spacial score (nSPS) is 12.8. The number of benzene rings is 1. The number of aryl methyl sites for hydroxylation is 1. The maximum absolute atomic E-state index is 13.3. The third-order valence-electron chi connectivity index (χ3n) is 2.55. The summed E-state index contributed by atoms with van der Waals surface area (Å²) < 4.78 is 14.9. The SMILES string of the molecule is Cn1ncc(Cl)c1C(N)c1cccc(F)c1Cl. The van der Waals surface area contributed by atoms with Gasteiger partial charge in [-0.3, -0.25) is 4.68 Å². The van der Waals surface area contributed by atoms with Crippen molar-refractivity contribution in [1.29, 1.82) is 0 Å². The summed E-state index contributed by atoms with van der Waals surface area (Å²) in [6, 6.07) is 3.89. The van der Waals surface area contributed by atoms with Crippen molar-refractivity contribution in [3.8, 4) is 0 Å². The number of nitrogens with zero attached hydrogens (tertiary/aromatic N) is 2. The highest BCUT2D eigenvalue weighted by atomic mass is 35.5. The Morgan fingerprint density at radius 1 is 1.41 bits per heavy atom. The molecule has 0 saturated heterocycles. The lowest BCUT2D eigenvalue weighted by Gasteiger charge is -2.15. The lowest BCUT2D eigenvalue weighted by molar-refractivity contribution is 0.620. The van der Waals surface area contributed by atoms with Crippen LogP contribution in [0.5, 0.6) is 0 Å². The van der Waals surface area contributed by atoms with Crippen molar-refractivity contribution < 1.29 is 4.39 Å². The molecule has 2 aromatic rings. The molecule has 90 valence electrons. The van der Waals surface area contributed by atoms with Crippen molar-refractivity contribution in [2.45, 2.75) is 6.04 Å². The summed E-state index contributed by atoms with van der Waals surface area (Å²) in [7, 11) is 1.72. The number of hydrogen-bond donors (Lipinski definition) is 1. The second kappa shape index (κ2) is 4.64. The first-order valence-corrected chi connectivity index (χ1v) is 5.65. The van der Waals surface area contributed by atoms with E-state index < -0.39 is 11.9 Å². The van der Waals surface area contributed by atoms with Crippen molar-refractivity contribution in [2.24, 2.45) is 12.8 Å². The van der Waals surface area contributed by atoms with Crippen LogP contribution in [-0.4, -0.2) is 9.78 Å². The van der Waals surface area contributed by atoms with Crippen LogP contribution < -0.4 is 5.73 Å². The van der Waals surface area contributed by atoms with Crippen molar-refractivity contribution in [3.63, 3.8) is 0 Å². The monoisotopic (exact) mass is 273 g/mol. The summed E-state index contributed by atoms with van der Waals surface area (Å²) >= 11 is 11.9. The van der Waals surface area contributed by atoms with Gasteiger partial charge in [-0.15, -0.1) is 0 Å². The highest BCUT2D eigenvalue weighted by Gasteiger charge is 2.20. The van der Waals surface area contributed by atoms with Crippen LogP contribution in [0.3, 0.4) is 0 Å². The van der Waals surface area contributed by atoms with E-state index in [9.17, 15) is 4.39 Å². The zero-order valence-electron chi connectivity index (χ0n) is 8.99. The Morgan fingerprint density at radius 3 is 2.71 bits per heavy atom. The van der Waals surface area contributed by atoms with Gasteiger partial charge in [0.05, 0.1) is 28.0 Å². The summed E-state index contributed by atoms with van der Waals surface area (Å²) in [4.78, 5) is 0. The summed E-state index contributed by atoms with van der Waals surface area (Å²) in [5.74, 6) is -0.502. The molecule has 2 N–H and O–H groups in total. The van der Waals surface area contributed by atoms with E-state index in [0.717, 1.165) is 0 Å². The molecule has 17 heavy (non-hydrogen) atoms. The zero-order valence-corrected chi connectivity index (χ0v) is 10.5. The molecule has 3 nitrogen and oxygen atoms in total. The molecule has 0 spiro atoms.